The maximum absolute atomic E-state index is 12.5. The summed E-state index contributed by atoms with van der Waals surface area (Å²) >= 11 is 0.982. The average Bonchev–Trinajstić information content (AvgIpc) is 3.69. The van der Waals surface area contributed by atoms with E-state index in [1.54, 1.807) is 6.92 Å². The summed E-state index contributed by atoms with van der Waals surface area (Å²) in [5, 5.41) is 34.4. The van der Waals surface area contributed by atoms with Crippen molar-refractivity contribution in [2.24, 2.45) is 25.4 Å². The summed E-state index contributed by atoms with van der Waals surface area (Å²) in [5.74, 6) is -0.0531. The molecule has 0 radical (unpaired) electrons. The molecule has 8 rings (SSSR count). The largest absolute Gasteiger partial charge is 0.339 e. The standard InChI is InChI=1S/C42H31N9O12S5/c1-23-34(22-43)39(44-27-11-15-30(16-12-27)65(52,53)54)47-40(45-28-13-17-31(18-14-28)66(55,56)57)37(23)49-51-42-46-38(26-10-9-24-5-2-3-6-25(24)19-26)41(64-42)50-48-29-20-33-32(36(21-29)68(61,62)63)7-4-8-35(33)67(58,59)60/h2-21,38,41H,1H3,(H2,44,45,47)(H,52,53,54)(H,55,56,57)(H,58,59,60)(H,61,62,63)/b50-48+,51-49?. The number of aliphatic imine (C=N–C) groups is 1. The van der Waals surface area contributed by atoms with Gasteiger partial charge in [0.15, 0.2) is 17.0 Å². The zero-order valence-corrected chi connectivity index (χ0v) is 38.5. The van der Waals surface area contributed by atoms with Crippen molar-refractivity contribution in [2.75, 3.05) is 10.6 Å². The second-order valence-corrected chi connectivity index (χ2v) is 21.4. The quantitative estimate of drug-likeness (QED) is 0.0490. The summed E-state index contributed by atoms with van der Waals surface area (Å²) in [6, 6.07) is 29.9. The van der Waals surface area contributed by atoms with E-state index in [0.29, 0.717) is 5.56 Å². The SMILES string of the molecule is Cc1c(C#N)c(Nc2ccc(S(=O)(=O)O)cc2)nc(Nc2ccc(S(=O)(=O)O)cc2)c1N=NC1=NC(c2ccc3ccccc3c2)C(/N=N/c2cc(S(=O)(=O)O)c3cccc(S(=O)(=O)O)c3c2)S1. The highest BCUT2D eigenvalue weighted by molar-refractivity contribution is 8.14. The summed E-state index contributed by atoms with van der Waals surface area (Å²) in [4.78, 5) is 7.28. The van der Waals surface area contributed by atoms with E-state index in [4.69, 9.17) is 4.99 Å². The molecule has 2 unspecified atom stereocenters. The highest BCUT2D eigenvalue weighted by Crippen LogP contribution is 2.43. The first-order valence-corrected chi connectivity index (χ1v) is 25.9. The highest BCUT2D eigenvalue weighted by atomic mass is 32.2. The number of nitriles is 1. The molecule has 2 heterocycles. The van der Waals surface area contributed by atoms with Crippen LogP contribution in [0.2, 0.25) is 0 Å². The van der Waals surface area contributed by atoms with Gasteiger partial charge in [-0.3, -0.25) is 18.2 Å². The van der Waals surface area contributed by atoms with Crippen molar-refractivity contribution in [1.29, 1.82) is 5.26 Å². The third-order valence-electron chi connectivity index (χ3n) is 10.2. The van der Waals surface area contributed by atoms with Crippen LogP contribution in [0.1, 0.15) is 22.7 Å². The van der Waals surface area contributed by atoms with E-state index in [1.807, 2.05) is 42.5 Å². The third kappa shape index (κ3) is 10.2. The summed E-state index contributed by atoms with van der Waals surface area (Å²) in [5.41, 5.74) is 1.18. The molecule has 26 heteroatoms. The van der Waals surface area contributed by atoms with Crippen LogP contribution in [-0.4, -0.2) is 67.4 Å². The number of fused-ring (bicyclic) bond motifs is 2. The van der Waals surface area contributed by atoms with E-state index >= 15 is 0 Å². The van der Waals surface area contributed by atoms with Crippen LogP contribution in [0, 0.1) is 18.3 Å². The van der Waals surface area contributed by atoms with Crippen LogP contribution in [0.25, 0.3) is 21.5 Å². The first kappa shape index (κ1) is 47.4. The molecule has 1 aliphatic heterocycles. The molecular formula is C42H31N9O12S5. The number of hydrogen-bond donors (Lipinski definition) is 6. The van der Waals surface area contributed by atoms with E-state index in [0.717, 1.165) is 58.9 Å². The number of hydrogen-bond acceptors (Lipinski definition) is 18. The van der Waals surface area contributed by atoms with Gasteiger partial charge in [-0.15, -0.1) is 10.2 Å². The number of benzene rings is 6. The van der Waals surface area contributed by atoms with E-state index in [1.165, 1.54) is 42.5 Å². The van der Waals surface area contributed by atoms with Gasteiger partial charge >= 0.3 is 0 Å². The maximum Gasteiger partial charge on any atom is 0.295 e. The lowest BCUT2D eigenvalue weighted by Gasteiger charge is -2.16. The van der Waals surface area contributed by atoms with Crippen LogP contribution in [-0.2, 0) is 40.5 Å². The number of anilines is 4. The molecule has 6 aromatic carbocycles. The van der Waals surface area contributed by atoms with E-state index in [9.17, 15) is 57.1 Å². The molecule has 1 aromatic heterocycles. The molecule has 0 fully saturated rings. The highest BCUT2D eigenvalue weighted by Gasteiger charge is 2.33. The number of nitrogens with one attached hydrogen (secondary N) is 2. The molecule has 0 aliphatic carbocycles. The fourth-order valence-corrected chi connectivity index (χ4v) is 10.3. The molecule has 0 bridgehead atoms. The summed E-state index contributed by atoms with van der Waals surface area (Å²) in [6.07, 6.45) is 0. The third-order valence-corrected chi connectivity index (χ3v) is 14.7. The lowest BCUT2D eigenvalue weighted by atomic mass is 10.0. The van der Waals surface area contributed by atoms with Crippen molar-refractivity contribution in [1.82, 2.24) is 4.98 Å². The fraction of sp³-hybridized carbons (Fsp3) is 0.0714. The molecular weight excluding hydrogens is 983 g/mol. The predicted molar refractivity (Wildman–Crippen MR) is 251 cm³/mol. The Morgan fingerprint density at radius 2 is 1.22 bits per heavy atom. The first-order chi connectivity index (χ1) is 32.1. The van der Waals surface area contributed by atoms with Gasteiger partial charge in [0.05, 0.1) is 21.0 Å². The molecule has 6 N–H and O–H groups in total. The van der Waals surface area contributed by atoms with Gasteiger partial charge in [0.25, 0.3) is 40.5 Å². The zero-order chi connectivity index (χ0) is 48.8. The number of nitrogens with zero attached hydrogens (tertiary/aromatic N) is 7. The lowest BCUT2D eigenvalue weighted by Crippen LogP contribution is -2.06. The Balaban J connectivity index is 1.21. The summed E-state index contributed by atoms with van der Waals surface area (Å²) < 4.78 is 135. The van der Waals surface area contributed by atoms with Crippen molar-refractivity contribution in [3.8, 4) is 6.07 Å². The monoisotopic (exact) mass is 1010 g/mol. The van der Waals surface area contributed by atoms with Gasteiger partial charge in [-0.25, -0.2) is 9.98 Å². The van der Waals surface area contributed by atoms with Crippen molar-refractivity contribution >= 4 is 113 Å². The van der Waals surface area contributed by atoms with Crippen molar-refractivity contribution in [3.05, 3.63) is 138 Å². The van der Waals surface area contributed by atoms with Crippen LogP contribution < -0.4 is 10.6 Å². The van der Waals surface area contributed by atoms with Crippen LogP contribution in [0.15, 0.2) is 166 Å². The molecule has 0 amide bonds. The van der Waals surface area contributed by atoms with Gasteiger partial charge in [-0.2, -0.15) is 49.2 Å². The average molecular weight is 1010 g/mol. The lowest BCUT2D eigenvalue weighted by molar-refractivity contribution is 0.481. The second kappa shape index (κ2) is 18.2. The number of thioether (sulfide) groups is 1. The van der Waals surface area contributed by atoms with Crippen LogP contribution in [0.4, 0.5) is 34.4 Å². The Morgan fingerprint density at radius 3 is 1.81 bits per heavy atom. The number of aromatic nitrogens is 1. The van der Waals surface area contributed by atoms with Crippen molar-refractivity contribution in [2.45, 2.75) is 37.9 Å². The van der Waals surface area contributed by atoms with Crippen LogP contribution in [0.3, 0.4) is 0 Å². The molecule has 0 saturated carbocycles. The minimum absolute atomic E-state index is 0.00635. The Labute approximate surface area is 391 Å². The molecule has 7 aromatic rings. The predicted octanol–water partition coefficient (Wildman–Crippen LogP) is 9.08. The first-order valence-electron chi connectivity index (χ1n) is 19.3. The van der Waals surface area contributed by atoms with Gasteiger partial charge in [-0.1, -0.05) is 60.3 Å². The summed E-state index contributed by atoms with van der Waals surface area (Å²) in [6.45, 7) is 1.55. The van der Waals surface area contributed by atoms with E-state index in [2.05, 4.69) is 42.1 Å². The smallest absolute Gasteiger partial charge is 0.295 e. The second-order valence-electron chi connectivity index (χ2n) is 14.7. The Kier molecular flexibility index (Phi) is 12.7. The molecule has 0 spiro atoms. The van der Waals surface area contributed by atoms with Crippen molar-refractivity contribution in [3.63, 3.8) is 0 Å². The van der Waals surface area contributed by atoms with Crippen molar-refractivity contribution < 1.29 is 51.9 Å². The zero-order valence-electron chi connectivity index (χ0n) is 34.4. The molecule has 21 nitrogen and oxygen atoms in total. The van der Waals surface area contributed by atoms with E-state index in [-0.39, 0.29) is 66.3 Å². The molecule has 0 saturated heterocycles. The Hall–Kier alpha value is -7.06. The minimum atomic E-state index is -4.96. The topological polar surface area (TPSA) is 340 Å². The number of amidine groups is 1. The fourth-order valence-electron chi connectivity index (χ4n) is 7.00. The van der Waals surface area contributed by atoms with Gasteiger partial charge in [0, 0.05) is 27.7 Å². The Bertz CT molecular complexity index is 3810. The number of rotatable bonds is 12. The normalized spacial score (nSPS) is 15.8. The van der Waals surface area contributed by atoms with E-state index < -0.39 is 66.6 Å². The molecule has 346 valence electrons. The van der Waals surface area contributed by atoms with Gasteiger partial charge in [0.2, 0.25) is 5.17 Å². The molecule has 68 heavy (non-hydrogen) atoms. The number of pyridine rings is 1. The van der Waals surface area contributed by atoms with Gasteiger partial charge in [-0.05, 0) is 96.1 Å². The minimum Gasteiger partial charge on any atom is -0.339 e. The maximum atomic E-state index is 12.5. The van der Waals surface area contributed by atoms with Gasteiger partial charge in [0.1, 0.15) is 27.6 Å². The van der Waals surface area contributed by atoms with Crippen LogP contribution >= 0.6 is 11.8 Å². The summed E-state index contributed by atoms with van der Waals surface area (Å²) in [7, 11) is -18.9. The van der Waals surface area contributed by atoms with Gasteiger partial charge < -0.3 is 10.6 Å². The molecule has 2 atom stereocenters. The number of azo groups is 2. The molecule has 1 aliphatic rings. The Morgan fingerprint density at radius 1 is 0.618 bits per heavy atom. The van der Waals surface area contributed by atoms with Crippen LogP contribution in [0.5, 0.6) is 0 Å².